The number of nitrogens with zero attached hydrogens (tertiary/aromatic N) is 1. The molecule has 0 spiro atoms. The molecule has 0 N–H and O–H groups in total. The van der Waals surface area contributed by atoms with Gasteiger partial charge >= 0.3 is 58.4 Å². The third kappa shape index (κ3) is 3.08. The molecule has 0 aliphatic carbocycles. The summed E-state index contributed by atoms with van der Waals surface area (Å²) < 4.78 is 37.2. The van der Waals surface area contributed by atoms with E-state index in [1.54, 1.807) is 6.07 Å². The Labute approximate surface area is 130 Å². The molecule has 15 heavy (non-hydrogen) atoms. The predicted molar refractivity (Wildman–Crippen MR) is 50.3 cm³/mol. The van der Waals surface area contributed by atoms with Crippen molar-refractivity contribution >= 4 is 12.4 Å². The van der Waals surface area contributed by atoms with E-state index < -0.39 is 12.4 Å². The molecule has 0 bridgehead atoms. The second-order valence-electron chi connectivity index (χ2n) is 3.78. The van der Waals surface area contributed by atoms with Crippen molar-refractivity contribution in [1.29, 1.82) is 0 Å². The Morgan fingerprint density at radius 1 is 1.13 bits per heavy atom. The number of halogens is 3. The third-order valence-electron chi connectivity index (χ3n) is 2.49. The Morgan fingerprint density at radius 3 is 2.33 bits per heavy atom. The second kappa shape index (κ2) is 4.89. The average Bonchev–Trinajstić information content (AvgIpc) is 2.41. The molecule has 1 aromatic rings. The van der Waals surface area contributed by atoms with Crippen LogP contribution in [0.15, 0.2) is 18.2 Å². The molecular weight excluding hydrogens is 229 g/mol. The van der Waals surface area contributed by atoms with Gasteiger partial charge in [0.2, 0.25) is 0 Å². The van der Waals surface area contributed by atoms with Crippen LogP contribution in [0.1, 0.15) is 11.1 Å². The molecule has 1 aromatic carbocycles. The zero-order chi connectivity index (χ0) is 10.3. The van der Waals surface area contributed by atoms with Crippen LogP contribution >= 0.6 is 0 Å². The molecule has 0 radical (unpaired) electrons. The third-order valence-corrected chi connectivity index (χ3v) is 2.49. The molecule has 76 valence electrons. The average molecular weight is 239 g/mol. The van der Waals surface area contributed by atoms with Gasteiger partial charge < -0.3 is 12.9 Å². The first-order valence-corrected chi connectivity index (χ1v) is 4.47. The van der Waals surface area contributed by atoms with Gasteiger partial charge in [-0.15, -0.1) is 5.46 Å². The van der Waals surface area contributed by atoms with Gasteiger partial charge in [0, 0.05) is 13.1 Å². The first kappa shape index (κ1) is 13.7. The van der Waals surface area contributed by atoms with Crippen molar-refractivity contribution in [3.63, 3.8) is 0 Å². The smallest absolute Gasteiger partial charge is 0.445 e. The number of fused-ring (bicyclic) bond motifs is 1. The standard InChI is InChI=1S/C9H10BF3N.K/c1-14-5-7-2-3-9(10(11,12)13)4-8(7)6-14;/h2-4H,5-6H2,1H3;/q-1;+1. The van der Waals surface area contributed by atoms with Gasteiger partial charge in [0.25, 0.3) is 0 Å². The molecular formula is C9H10BF3KN. The van der Waals surface area contributed by atoms with Gasteiger partial charge in [-0.05, 0) is 18.2 Å². The van der Waals surface area contributed by atoms with Crippen LogP contribution in [0.5, 0.6) is 0 Å². The summed E-state index contributed by atoms with van der Waals surface area (Å²) in [7, 11) is 1.90. The monoisotopic (exact) mass is 239 g/mol. The summed E-state index contributed by atoms with van der Waals surface area (Å²) in [5, 5.41) is 0. The van der Waals surface area contributed by atoms with Crippen LogP contribution < -0.4 is 56.8 Å². The van der Waals surface area contributed by atoms with Crippen LogP contribution in [0.3, 0.4) is 0 Å². The largest absolute Gasteiger partial charge is 1.00 e. The van der Waals surface area contributed by atoms with Gasteiger partial charge in [-0.1, -0.05) is 18.2 Å². The SMILES string of the molecule is CN1Cc2ccc([B-](F)(F)F)cc2C1.[K+]. The molecule has 2 rings (SSSR count). The summed E-state index contributed by atoms with van der Waals surface area (Å²) in [4.78, 5) is 2.00. The zero-order valence-corrected chi connectivity index (χ0v) is 11.9. The van der Waals surface area contributed by atoms with Crippen LogP contribution in [-0.4, -0.2) is 18.9 Å². The summed E-state index contributed by atoms with van der Waals surface area (Å²) in [5.41, 5.74) is 1.33. The van der Waals surface area contributed by atoms with Crippen molar-refractivity contribution in [2.45, 2.75) is 13.1 Å². The van der Waals surface area contributed by atoms with Gasteiger partial charge in [0.15, 0.2) is 0 Å². The second-order valence-corrected chi connectivity index (χ2v) is 3.78. The van der Waals surface area contributed by atoms with Crippen molar-refractivity contribution in [2.24, 2.45) is 0 Å². The fourth-order valence-electron chi connectivity index (χ4n) is 1.79. The summed E-state index contributed by atoms with van der Waals surface area (Å²) in [6.07, 6.45) is 0. The first-order valence-electron chi connectivity index (χ1n) is 4.47. The van der Waals surface area contributed by atoms with Crippen LogP contribution in [0.2, 0.25) is 0 Å². The molecule has 0 amide bonds. The van der Waals surface area contributed by atoms with Crippen molar-refractivity contribution in [1.82, 2.24) is 4.90 Å². The quantitative estimate of drug-likeness (QED) is 0.550. The van der Waals surface area contributed by atoms with E-state index in [4.69, 9.17) is 0 Å². The van der Waals surface area contributed by atoms with Crippen molar-refractivity contribution in [3.05, 3.63) is 29.3 Å². The molecule has 0 aromatic heterocycles. The van der Waals surface area contributed by atoms with Crippen LogP contribution in [-0.2, 0) is 13.1 Å². The predicted octanol–water partition coefficient (Wildman–Crippen LogP) is -1.31. The van der Waals surface area contributed by atoms with Gasteiger partial charge in [-0.25, -0.2) is 0 Å². The van der Waals surface area contributed by atoms with E-state index >= 15 is 0 Å². The number of benzene rings is 1. The maximum absolute atomic E-state index is 12.4. The van der Waals surface area contributed by atoms with Crippen molar-refractivity contribution in [3.8, 4) is 0 Å². The maximum Gasteiger partial charge on any atom is 1.00 e. The van der Waals surface area contributed by atoms with Crippen molar-refractivity contribution in [2.75, 3.05) is 7.05 Å². The van der Waals surface area contributed by atoms with E-state index in [2.05, 4.69) is 0 Å². The molecule has 0 unspecified atom stereocenters. The Morgan fingerprint density at radius 2 is 1.73 bits per heavy atom. The van der Waals surface area contributed by atoms with Gasteiger partial charge in [-0.2, -0.15) is 0 Å². The van der Waals surface area contributed by atoms with Gasteiger partial charge in [-0.3, -0.25) is 4.90 Å². The van der Waals surface area contributed by atoms with Crippen molar-refractivity contribution < 1.29 is 64.3 Å². The minimum absolute atomic E-state index is 0. The maximum atomic E-state index is 12.4. The minimum atomic E-state index is -4.85. The summed E-state index contributed by atoms with van der Waals surface area (Å²) in [6.45, 7) is -3.48. The zero-order valence-electron chi connectivity index (χ0n) is 8.80. The van der Waals surface area contributed by atoms with E-state index in [1.165, 1.54) is 12.1 Å². The number of rotatable bonds is 1. The van der Waals surface area contributed by atoms with E-state index in [0.717, 1.165) is 17.7 Å². The normalized spacial score (nSPS) is 16.0. The molecule has 1 aliphatic heterocycles. The topological polar surface area (TPSA) is 3.24 Å². The summed E-state index contributed by atoms with van der Waals surface area (Å²) in [6, 6.07) is 4.04. The Bertz CT molecular complexity index is 367. The molecule has 6 heteroatoms. The molecule has 0 saturated carbocycles. The number of hydrogen-bond donors (Lipinski definition) is 0. The summed E-state index contributed by atoms with van der Waals surface area (Å²) >= 11 is 0. The van der Waals surface area contributed by atoms with Crippen LogP contribution in [0.25, 0.3) is 0 Å². The van der Waals surface area contributed by atoms with E-state index in [1.807, 2.05) is 11.9 Å². The van der Waals surface area contributed by atoms with Gasteiger partial charge in [0.1, 0.15) is 0 Å². The molecule has 0 atom stereocenters. The van der Waals surface area contributed by atoms with E-state index in [9.17, 15) is 12.9 Å². The first-order chi connectivity index (χ1) is 6.47. The van der Waals surface area contributed by atoms with E-state index in [0.29, 0.717) is 6.54 Å². The fraction of sp³-hybridized carbons (Fsp3) is 0.333. The Balaban J connectivity index is 0.00000112. The molecule has 0 saturated heterocycles. The molecule has 1 heterocycles. The molecule has 1 nitrogen and oxygen atoms in total. The molecule has 1 aliphatic rings. The van der Waals surface area contributed by atoms with Crippen LogP contribution in [0, 0.1) is 0 Å². The fourth-order valence-corrected chi connectivity index (χ4v) is 1.79. The summed E-state index contributed by atoms with van der Waals surface area (Å²) in [5.74, 6) is 0. The number of hydrogen-bond acceptors (Lipinski definition) is 1. The minimum Gasteiger partial charge on any atom is -0.445 e. The van der Waals surface area contributed by atoms with E-state index in [-0.39, 0.29) is 51.4 Å². The Hall–Kier alpha value is 0.671. The Kier molecular flexibility index (Phi) is 4.48. The van der Waals surface area contributed by atoms with Crippen LogP contribution in [0.4, 0.5) is 12.9 Å². The molecule has 0 fully saturated rings. The van der Waals surface area contributed by atoms with Gasteiger partial charge in [0.05, 0.1) is 0 Å².